The van der Waals surface area contributed by atoms with E-state index in [9.17, 15) is 9.90 Å². The van der Waals surface area contributed by atoms with Crippen LogP contribution in [0.2, 0.25) is 0 Å². The number of aliphatic hydroxyl groups excluding tert-OH is 1. The van der Waals surface area contributed by atoms with Crippen molar-refractivity contribution in [1.82, 2.24) is 20.9 Å². The lowest BCUT2D eigenvalue weighted by molar-refractivity contribution is -0.122. The number of amides is 1. The van der Waals surface area contributed by atoms with Gasteiger partial charge >= 0.3 is 0 Å². The number of rotatable bonds is 8. The van der Waals surface area contributed by atoms with Crippen molar-refractivity contribution in [2.45, 2.75) is 64.5 Å². The van der Waals surface area contributed by atoms with Crippen LogP contribution in [-0.4, -0.2) is 73.3 Å². The summed E-state index contributed by atoms with van der Waals surface area (Å²) in [4.78, 5) is 18.8. The molecule has 26 heavy (non-hydrogen) atoms. The average molecular weight is 368 g/mol. The van der Waals surface area contributed by atoms with E-state index in [1.165, 1.54) is 0 Å². The maximum Gasteiger partial charge on any atom is 0.234 e. The molecule has 2 aliphatic rings. The number of aliphatic hydroxyl groups is 1. The van der Waals surface area contributed by atoms with Crippen LogP contribution >= 0.6 is 0 Å². The third-order valence-electron chi connectivity index (χ3n) is 5.31. The summed E-state index contributed by atoms with van der Waals surface area (Å²) in [6, 6.07) is 0.385. The highest BCUT2D eigenvalue weighted by atomic mass is 16.3. The Hall–Kier alpha value is -1.34. The number of piperidine rings is 1. The number of carbonyl (C=O) groups is 1. The predicted octanol–water partition coefficient (Wildman–Crippen LogP) is 0.693. The highest BCUT2D eigenvalue weighted by Crippen LogP contribution is 2.25. The molecule has 4 N–H and O–H groups in total. The summed E-state index contributed by atoms with van der Waals surface area (Å²) >= 11 is 0. The molecule has 7 nitrogen and oxygen atoms in total. The molecule has 0 spiro atoms. The van der Waals surface area contributed by atoms with Crippen LogP contribution in [-0.2, 0) is 4.79 Å². The van der Waals surface area contributed by atoms with Crippen LogP contribution in [0.25, 0.3) is 0 Å². The highest BCUT2D eigenvalue weighted by Gasteiger charge is 2.25. The minimum absolute atomic E-state index is 0.128. The van der Waals surface area contributed by atoms with Crippen molar-refractivity contribution >= 4 is 11.9 Å². The van der Waals surface area contributed by atoms with Crippen molar-refractivity contribution in [1.29, 1.82) is 0 Å². The van der Waals surface area contributed by atoms with Gasteiger partial charge < -0.3 is 21.1 Å². The largest absolute Gasteiger partial charge is 0.393 e. The van der Waals surface area contributed by atoms with E-state index in [1.54, 1.807) is 0 Å². The molecule has 2 fully saturated rings. The third-order valence-corrected chi connectivity index (χ3v) is 5.31. The molecule has 0 aromatic heterocycles. The number of nitrogens with one attached hydrogen (secondary N) is 3. The van der Waals surface area contributed by atoms with Crippen LogP contribution in [0.4, 0.5) is 0 Å². The monoisotopic (exact) mass is 367 g/mol. The number of hydrogen-bond acceptors (Lipinski definition) is 4. The van der Waals surface area contributed by atoms with Crippen LogP contribution in [0.1, 0.15) is 52.4 Å². The van der Waals surface area contributed by atoms with Gasteiger partial charge in [-0.25, -0.2) is 0 Å². The molecule has 7 heteroatoms. The first-order valence-corrected chi connectivity index (χ1v) is 10.3. The van der Waals surface area contributed by atoms with Gasteiger partial charge in [0.05, 0.1) is 12.6 Å². The van der Waals surface area contributed by atoms with Crippen molar-refractivity contribution < 1.29 is 9.90 Å². The van der Waals surface area contributed by atoms with Crippen molar-refractivity contribution in [3.63, 3.8) is 0 Å². The minimum Gasteiger partial charge on any atom is -0.393 e. The molecule has 1 amide bonds. The fourth-order valence-electron chi connectivity index (χ4n) is 3.71. The second-order valence-corrected chi connectivity index (χ2v) is 7.52. The van der Waals surface area contributed by atoms with Gasteiger partial charge in [0.25, 0.3) is 0 Å². The Bertz CT molecular complexity index is 449. The molecule has 1 saturated carbocycles. The van der Waals surface area contributed by atoms with Crippen molar-refractivity contribution in [2.24, 2.45) is 10.9 Å². The maximum atomic E-state index is 11.8. The van der Waals surface area contributed by atoms with E-state index in [-0.39, 0.29) is 12.0 Å². The van der Waals surface area contributed by atoms with Crippen LogP contribution < -0.4 is 16.0 Å². The smallest absolute Gasteiger partial charge is 0.234 e. The molecular weight excluding hydrogens is 330 g/mol. The van der Waals surface area contributed by atoms with Crippen LogP contribution in [0.15, 0.2) is 4.99 Å². The fraction of sp³-hybridized carbons (Fsp3) is 0.895. The van der Waals surface area contributed by atoms with Crippen molar-refractivity contribution in [3.8, 4) is 0 Å². The van der Waals surface area contributed by atoms with E-state index in [4.69, 9.17) is 4.99 Å². The van der Waals surface area contributed by atoms with Crippen molar-refractivity contribution in [3.05, 3.63) is 0 Å². The van der Waals surface area contributed by atoms with E-state index in [1.807, 2.05) is 0 Å². The van der Waals surface area contributed by atoms with E-state index in [2.05, 4.69) is 34.7 Å². The third kappa shape index (κ3) is 7.11. The van der Waals surface area contributed by atoms with Gasteiger partial charge in [-0.1, -0.05) is 13.3 Å². The summed E-state index contributed by atoms with van der Waals surface area (Å²) in [5.41, 5.74) is 0. The van der Waals surface area contributed by atoms with Gasteiger partial charge in [-0.2, -0.15) is 0 Å². The van der Waals surface area contributed by atoms with Gasteiger partial charge in [-0.3, -0.25) is 14.7 Å². The number of carbonyl (C=O) groups excluding carboxylic acids is 1. The first kappa shape index (κ1) is 21.0. The molecule has 0 aromatic rings. The Kier molecular flexibility index (Phi) is 9.18. The Morgan fingerprint density at radius 1 is 1.15 bits per heavy atom. The number of likely N-dealkylation sites (tertiary alicyclic amines) is 1. The molecule has 1 aliphatic heterocycles. The molecule has 0 radical (unpaired) electrons. The number of aliphatic imine (C=N–C) groups is 1. The molecule has 1 aliphatic carbocycles. The SMILES string of the molecule is CCCNC(=O)CN1CCC(NC(=NCC2CCCC2O)NCC)CC1. The van der Waals surface area contributed by atoms with Gasteiger partial charge in [0.1, 0.15) is 0 Å². The summed E-state index contributed by atoms with van der Waals surface area (Å²) in [6.07, 6.45) is 5.90. The van der Waals surface area contributed by atoms with Gasteiger partial charge in [0, 0.05) is 44.7 Å². The van der Waals surface area contributed by atoms with Crippen LogP contribution in [0.5, 0.6) is 0 Å². The Labute approximate surface area is 158 Å². The lowest BCUT2D eigenvalue weighted by Gasteiger charge is -2.32. The average Bonchev–Trinajstić information content (AvgIpc) is 3.04. The molecule has 0 aromatic carbocycles. The Balaban J connectivity index is 1.73. The number of nitrogens with zero attached hydrogens (tertiary/aromatic N) is 2. The number of guanidine groups is 1. The van der Waals surface area contributed by atoms with Gasteiger partial charge in [0.15, 0.2) is 5.96 Å². The Morgan fingerprint density at radius 3 is 2.54 bits per heavy atom. The molecule has 1 saturated heterocycles. The van der Waals surface area contributed by atoms with E-state index in [0.29, 0.717) is 25.0 Å². The standard InChI is InChI=1S/C19H37N5O2/c1-3-10-21-18(26)14-24-11-8-16(9-12-24)23-19(20-4-2)22-13-15-6-5-7-17(15)25/h15-17,25H,3-14H2,1-2H3,(H,21,26)(H2,20,22,23). The fourth-order valence-corrected chi connectivity index (χ4v) is 3.71. The maximum absolute atomic E-state index is 11.8. The van der Waals surface area contributed by atoms with Crippen LogP contribution in [0, 0.1) is 5.92 Å². The lowest BCUT2D eigenvalue weighted by atomic mass is 10.1. The molecule has 2 rings (SSSR count). The first-order valence-electron chi connectivity index (χ1n) is 10.3. The highest BCUT2D eigenvalue weighted by molar-refractivity contribution is 5.80. The zero-order chi connectivity index (χ0) is 18.8. The van der Waals surface area contributed by atoms with Gasteiger partial charge in [-0.15, -0.1) is 0 Å². The Morgan fingerprint density at radius 2 is 1.92 bits per heavy atom. The van der Waals surface area contributed by atoms with E-state index in [0.717, 1.165) is 70.7 Å². The van der Waals surface area contributed by atoms with Gasteiger partial charge in [-0.05, 0) is 39.0 Å². The van der Waals surface area contributed by atoms with E-state index < -0.39 is 0 Å². The molecule has 1 heterocycles. The summed E-state index contributed by atoms with van der Waals surface area (Å²) in [6.45, 7) is 8.77. The molecule has 2 atom stereocenters. The van der Waals surface area contributed by atoms with Crippen LogP contribution in [0.3, 0.4) is 0 Å². The zero-order valence-electron chi connectivity index (χ0n) is 16.5. The molecule has 150 valence electrons. The van der Waals surface area contributed by atoms with Crippen molar-refractivity contribution in [2.75, 3.05) is 39.3 Å². The quantitative estimate of drug-likeness (QED) is 0.374. The zero-order valence-corrected chi connectivity index (χ0v) is 16.5. The van der Waals surface area contributed by atoms with Gasteiger partial charge in [0.2, 0.25) is 5.91 Å². The summed E-state index contributed by atoms with van der Waals surface area (Å²) in [5.74, 6) is 1.28. The minimum atomic E-state index is -0.191. The lowest BCUT2D eigenvalue weighted by Crippen LogP contribution is -2.50. The molecular formula is C19H37N5O2. The second-order valence-electron chi connectivity index (χ2n) is 7.52. The number of hydrogen-bond donors (Lipinski definition) is 4. The molecule has 2 unspecified atom stereocenters. The second kappa shape index (κ2) is 11.4. The normalized spacial score (nSPS) is 25.3. The summed E-state index contributed by atoms with van der Waals surface area (Å²) < 4.78 is 0. The summed E-state index contributed by atoms with van der Waals surface area (Å²) in [7, 11) is 0. The summed E-state index contributed by atoms with van der Waals surface area (Å²) in [5, 5.41) is 19.7. The predicted molar refractivity (Wildman–Crippen MR) is 105 cm³/mol. The molecule has 0 bridgehead atoms. The first-order chi connectivity index (χ1) is 12.6. The topological polar surface area (TPSA) is 89.0 Å². The van der Waals surface area contributed by atoms with E-state index >= 15 is 0 Å².